The fourth-order valence-corrected chi connectivity index (χ4v) is 5.09. The van der Waals surface area contributed by atoms with Crippen molar-refractivity contribution in [3.05, 3.63) is 67.8 Å². The molecule has 0 aliphatic heterocycles. The maximum absolute atomic E-state index is 13.4. The number of rotatable bonds is 10. The first kappa shape index (κ1) is 31.4. The summed E-state index contributed by atoms with van der Waals surface area (Å²) in [5.74, 6) is -3.89. The summed E-state index contributed by atoms with van der Waals surface area (Å²) in [6, 6.07) is 6.09. The van der Waals surface area contributed by atoms with Crippen LogP contribution in [0.25, 0.3) is 0 Å². The summed E-state index contributed by atoms with van der Waals surface area (Å²) in [6.45, 7) is -3.16. The van der Waals surface area contributed by atoms with Crippen molar-refractivity contribution >= 4 is 101 Å². The van der Waals surface area contributed by atoms with E-state index in [0.29, 0.717) is 3.57 Å². The van der Waals surface area contributed by atoms with Gasteiger partial charge in [-0.05, 0) is 86.0 Å². The number of ether oxygens (including phenoxy) is 3. The van der Waals surface area contributed by atoms with Crippen molar-refractivity contribution in [3.8, 4) is 0 Å². The molecule has 0 heterocycles. The fraction of sp³-hybridized carbons (Fsp3) is 0.211. The summed E-state index contributed by atoms with van der Waals surface area (Å²) in [4.78, 5) is 47.3. The van der Waals surface area contributed by atoms with E-state index in [4.69, 9.17) is 14.0 Å². The summed E-state index contributed by atoms with van der Waals surface area (Å²) < 4.78 is 73.0. The number of hydrogen-bond donors (Lipinski definition) is 1. The van der Waals surface area contributed by atoms with Crippen LogP contribution in [0.1, 0.15) is 31.1 Å². The Bertz CT molecular complexity index is 1370. The molecule has 2 rings (SSSR count). The summed E-state index contributed by atoms with van der Waals surface area (Å²) >= 11 is 6.02. The third kappa shape index (κ3) is 8.10. The molecule has 18 heteroatoms. The van der Waals surface area contributed by atoms with Crippen molar-refractivity contribution in [2.45, 2.75) is 5.25 Å². The first-order chi connectivity index (χ1) is 17.1. The molecule has 0 fully saturated rings. The molecule has 0 saturated heterocycles. The van der Waals surface area contributed by atoms with Crippen molar-refractivity contribution in [2.75, 3.05) is 19.8 Å². The first-order valence-electron chi connectivity index (χ1n) is 9.35. The second-order valence-electron chi connectivity index (χ2n) is 6.67. The van der Waals surface area contributed by atoms with Crippen LogP contribution in [0.5, 0.6) is 0 Å². The van der Waals surface area contributed by atoms with Crippen molar-refractivity contribution in [3.63, 3.8) is 0 Å². The highest BCUT2D eigenvalue weighted by atomic mass is 127. The molecule has 2 aromatic rings. The van der Waals surface area contributed by atoms with Crippen LogP contribution in [0.15, 0.2) is 30.3 Å². The summed E-state index contributed by atoms with van der Waals surface area (Å²) in [7, 11) is -5.96. The van der Waals surface area contributed by atoms with Gasteiger partial charge in [-0.25, -0.2) is 14.4 Å². The number of nitrogens with zero attached hydrogens (tertiary/aromatic N) is 1. The lowest BCUT2D eigenvalue weighted by Gasteiger charge is -2.14. The normalized spacial score (nSPS) is 11.5. The van der Waals surface area contributed by atoms with Crippen LogP contribution in [-0.4, -0.2) is 60.9 Å². The van der Waals surface area contributed by atoms with E-state index in [1.165, 1.54) is 0 Å². The van der Waals surface area contributed by atoms with Crippen molar-refractivity contribution in [1.82, 2.24) is 0 Å². The third-order valence-corrected chi connectivity index (χ3v) is 8.71. The molecule has 37 heavy (non-hydrogen) atoms. The van der Waals surface area contributed by atoms with Gasteiger partial charge in [0.05, 0.1) is 16.1 Å². The van der Waals surface area contributed by atoms with Gasteiger partial charge >= 0.3 is 33.3 Å². The minimum Gasteiger partial charge on any atom is -0.458 e. The van der Waals surface area contributed by atoms with Gasteiger partial charge in [-0.3, -0.25) is 14.7 Å². The molecule has 0 radical (unpaired) electrons. The minimum absolute atomic E-state index is 0.272. The number of carbonyl (C=O) groups excluding carboxylic acids is 3. The Balaban J connectivity index is 2.14. The average molecular weight is 881 g/mol. The van der Waals surface area contributed by atoms with E-state index in [-0.39, 0.29) is 5.56 Å². The zero-order chi connectivity index (χ0) is 28.1. The monoisotopic (exact) mass is 881 g/mol. The third-order valence-electron chi connectivity index (χ3n) is 4.17. The van der Waals surface area contributed by atoms with Crippen LogP contribution >= 0.6 is 67.8 Å². The Morgan fingerprint density at radius 3 is 2.08 bits per heavy atom. The summed E-state index contributed by atoms with van der Waals surface area (Å²) in [5.41, 5.74) is -2.61. The molecular formula is C19H12F2I3NO11S. The van der Waals surface area contributed by atoms with Crippen LogP contribution < -0.4 is 0 Å². The van der Waals surface area contributed by atoms with Crippen LogP contribution in [0, 0.1) is 20.8 Å². The summed E-state index contributed by atoms with van der Waals surface area (Å²) in [6.07, 6.45) is 0. The number of hydrogen-bond acceptors (Lipinski definition) is 10. The Hall–Kier alpha value is -1.79. The van der Waals surface area contributed by atoms with Crippen molar-refractivity contribution < 1.29 is 55.3 Å². The maximum Gasteiger partial charge on any atom is 0.402 e. The lowest BCUT2D eigenvalue weighted by atomic mass is 10.1. The van der Waals surface area contributed by atoms with E-state index in [2.05, 4.69) is 4.74 Å². The van der Waals surface area contributed by atoms with Crippen molar-refractivity contribution in [1.29, 1.82) is 0 Å². The van der Waals surface area contributed by atoms with Crippen LogP contribution in [-0.2, 0) is 24.3 Å². The molecule has 0 saturated carbocycles. The number of benzene rings is 2. The largest absolute Gasteiger partial charge is 0.458 e. The van der Waals surface area contributed by atoms with E-state index in [1.807, 2.05) is 73.8 Å². The van der Waals surface area contributed by atoms with Crippen LogP contribution in [0.3, 0.4) is 0 Å². The van der Waals surface area contributed by atoms with Crippen LogP contribution in [0.2, 0.25) is 0 Å². The highest BCUT2D eigenvalue weighted by molar-refractivity contribution is 14.1. The fourth-order valence-electron chi connectivity index (χ4n) is 2.50. The molecule has 12 nitrogen and oxygen atoms in total. The molecule has 0 aromatic heterocycles. The Labute approximate surface area is 247 Å². The Morgan fingerprint density at radius 1 is 0.973 bits per heavy atom. The van der Waals surface area contributed by atoms with Gasteiger partial charge in [-0.1, -0.05) is 6.07 Å². The number of esters is 3. The van der Waals surface area contributed by atoms with E-state index in [1.54, 1.807) is 6.07 Å². The molecule has 1 N–H and O–H groups in total. The molecule has 0 spiro atoms. The number of alkyl halides is 2. The molecule has 2 aromatic carbocycles. The molecule has 200 valence electrons. The number of nitro benzene ring substituents is 1. The molecule has 0 aliphatic carbocycles. The predicted molar refractivity (Wildman–Crippen MR) is 145 cm³/mol. The molecule has 0 amide bonds. The molecular weight excluding hydrogens is 869 g/mol. The van der Waals surface area contributed by atoms with Gasteiger partial charge in [0.25, 0.3) is 5.69 Å². The van der Waals surface area contributed by atoms with E-state index >= 15 is 0 Å². The highest BCUT2D eigenvalue weighted by Crippen LogP contribution is 2.27. The number of nitro groups is 1. The molecule has 0 aliphatic rings. The lowest BCUT2D eigenvalue weighted by Crippen LogP contribution is -2.34. The highest BCUT2D eigenvalue weighted by Gasteiger charge is 2.46. The van der Waals surface area contributed by atoms with Crippen LogP contribution in [0.4, 0.5) is 14.5 Å². The number of halogens is 5. The zero-order valence-corrected chi connectivity index (χ0v) is 25.1. The Morgan fingerprint density at radius 2 is 1.54 bits per heavy atom. The van der Waals surface area contributed by atoms with Gasteiger partial charge in [0.2, 0.25) is 0 Å². The summed E-state index contributed by atoms with van der Waals surface area (Å²) in [5, 5.41) is 6.40. The second-order valence-corrected chi connectivity index (χ2v) is 11.7. The standard InChI is InChI=1S/C19H12F2I3NO11S/c20-19(21,37(31,32)33)8-36-18(28)14-10(2-1-3-13(14)25(29)30)16(26)34-4-5-35-17(27)11-6-9(22)7-12(23)15(11)24/h1-3,6-7H,4-5,8H2,(H,31,32,33). The topological polar surface area (TPSA) is 176 Å². The predicted octanol–water partition coefficient (Wildman–Crippen LogP) is 4.06. The second kappa shape index (κ2) is 12.8. The molecule has 0 unspecified atom stereocenters. The van der Waals surface area contributed by atoms with E-state index in [9.17, 15) is 41.7 Å². The van der Waals surface area contributed by atoms with E-state index in [0.717, 1.165) is 25.3 Å². The maximum atomic E-state index is 13.4. The minimum atomic E-state index is -5.96. The molecule has 0 atom stereocenters. The zero-order valence-electron chi connectivity index (χ0n) is 17.8. The van der Waals surface area contributed by atoms with Gasteiger partial charge in [-0.15, -0.1) is 0 Å². The SMILES string of the molecule is O=C(OCCOC(=O)c1cccc([N+](=O)[O-])c1C(=O)OCC(F)(F)S(=O)(=O)O)c1cc(I)cc(I)c1I. The van der Waals surface area contributed by atoms with Gasteiger partial charge in [0.1, 0.15) is 13.2 Å². The van der Waals surface area contributed by atoms with E-state index < -0.39 is 74.8 Å². The Kier molecular flexibility index (Phi) is 10.9. The smallest absolute Gasteiger partial charge is 0.402 e. The van der Waals surface area contributed by atoms with Gasteiger partial charge in [0.15, 0.2) is 12.2 Å². The van der Waals surface area contributed by atoms with Gasteiger partial charge in [-0.2, -0.15) is 17.2 Å². The first-order valence-corrected chi connectivity index (χ1v) is 14.0. The average Bonchev–Trinajstić information content (AvgIpc) is 2.80. The lowest BCUT2D eigenvalue weighted by molar-refractivity contribution is -0.385. The van der Waals surface area contributed by atoms with Gasteiger partial charge in [0, 0.05) is 16.8 Å². The quantitative estimate of drug-likeness (QED) is 0.0533. The van der Waals surface area contributed by atoms with Gasteiger partial charge < -0.3 is 14.2 Å². The molecule has 0 bridgehead atoms. The number of carbonyl (C=O) groups is 3. The van der Waals surface area contributed by atoms with Crippen molar-refractivity contribution in [2.24, 2.45) is 0 Å².